The SMILES string of the molecule is CCCn1ncc(OC)c1C(=O)c1cc(Cl)ccc1OC. The number of aryl methyl sites for hydroxylation is 1. The van der Waals surface area contributed by atoms with Gasteiger partial charge >= 0.3 is 0 Å². The summed E-state index contributed by atoms with van der Waals surface area (Å²) in [5.74, 6) is 0.684. The second kappa shape index (κ2) is 6.63. The van der Waals surface area contributed by atoms with Gasteiger partial charge in [-0.1, -0.05) is 18.5 Å². The topological polar surface area (TPSA) is 53.4 Å². The van der Waals surface area contributed by atoms with E-state index in [0.29, 0.717) is 34.3 Å². The third kappa shape index (κ3) is 3.03. The van der Waals surface area contributed by atoms with Gasteiger partial charge in [-0.2, -0.15) is 5.10 Å². The van der Waals surface area contributed by atoms with E-state index >= 15 is 0 Å². The molecule has 1 aromatic heterocycles. The Hall–Kier alpha value is -2.01. The number of carbonyl (C=O) groups excluding carboxylic acids is 1. The maximum Gasteiger partial charge on any atom is 0.218 e. The maximum absolute atomic E-state index is 12.8. The summed E-state index contributed by atoms with van der Waals surface area (Å²) in [5.41, 5.74) is 0.793. The zero-order valence-corrected chi connectivity index (χ0v) is 13.0. The number of aromatic nitrogens is 2. The molecule has 1 aromatic carbocycles. The number of nitrogens with zero attached hydrogens (tertiary/aromatic N) is 2. The lowest BCUT2D eigenvalue weighted by molar-refractivity contribution is 0.102. The van der Waals surface area contributed by atoms with Gasteiger partial charge in [-0.15, -0.1) is 0 Å². The van der Waals surface area contributed by atoms with Crippen LogP contribution in [0.25, 0.3) is 0 Å². The van der Waals surface area contributed by atoms with Crippen molar-refractivity contribution in [2.45, 2.75) is 19.9 Å². The highest BCUT2D eigenvalue weighted by atomic mass is 35.5. The quantitative estimate of drug-likeness (QED) is 0.769. The fourth-order valence-electron chi connectivity index (χ4n) is 2.11. The Morgan fingerprint density at radius 1 is 1.29 bits per heavy atom. The van der Waals surface area contributed by atoms with E-state index in [9.17, 15) is 4.79 Å². The summed E-state index contributed by atoms with van der Waals surface area (Å²) in [6, 6.07) is 4.94. The molecule has 5 nitrogen and oxygen atoms in total. The molecule has 0 aliphatic carbocycles. The average molecular weight is 309 g/mol. The molecule has 0 saturated carbocycles. The van der Waals surface area contributed by atoms with E-state index < -0.39 is 0 Å². The zero-order chi connectivity index (χ0) is 15.4. The van der Waals surface area contributed by atoms with E-state index in [-0.39, 0.29) is 5.78 Å². The van der Waals surface area contributed by atoms with Crippen molar-refractivity contribution in [2.24, 2.45) is 0 Å². The van der Waals surface area contributed by atoms with Crippen LogP contribution in [-0.4, -0.2) is 29.8 Å². The molecule has 0 bridgehead atoms. The Labute approximate surface area is 128 Å². The first-order valence-corrected chi connectivity index (χ1v) is 6.98. The second-order valence-corrected chi connectivity index (χ2v) is 4.89. The highest BCUT2D eigenvalue weighted by molar-refractivity contribution is 6.31. The van der Waals surface area contributed by atoms with Crippen molar-refractivity contribution in [3.63, 3.8) is 0 Å². The molecule has 6 heteroatoms. The number of hydrogen-bond donors (Lipinski definition) is 0. The standard InChI is InChI=1S/C15H17ClN2O3/c1-4-7-18-14(13(21-3)9-17-18)15(19)11-8-10(16)5-6-12(11)20-2/h5-6,8-9H,4,7H2,1-3H3. The Bertz CT molecular complexity index is 652. The normalized spacial score (nSPS) is 10.5. The van der Waals surface area contributed by atoms with E-state index in [0.717, 1.165) is 6.42 Å². The molecule has 0 amide bonds. The summed E-state index contributed by atoms with van der Waals surface area (Å²) < 4.78 is 12.1. The van der Waals surface area contributed by atoms with Crippen LogP contribution in [0.1, 0.15) is 29.4 Å². The molecule has 21 heavy (non-hydrogen) atoms. The van der Waals surface area contributed by atoms with Crippen LogP contribution in [0.5, 0.6) is 11.5 Å². The molecule has 0 aliphatic heterocycles. The fourth-order valence-corrected chi connectivity index (χ4v) is 2.29. The lowest BCUT2D eigenvalue weighted by atomic mass is 10.1. The van der Waals surface area contributed by atoms with Crippen molar-refractivity contribution in [1.82, 2.24) is 9.78 Å². The minimum Gasteiger partial charge on any atom is -0.496 e. The second-order valence-electron chi connectivity index (χ2n) is 4.46. The lowest BCUT2D eigenvalue weighted by Gasteiger charge is -2.11. The Balaban J connectivity index is 2.54. The summed E-state index contributed by atoms with van der Waals surface area (Å²) >= 11 is 5.99. The first kappa shape index (κ1) is 15.4. The summed E-state index contributed by atoms with van der Waals surface area (Å²) in [5, 5.41) is 4.67. The van der Waals surface area contributed by atoms with Gasteiger partial charge in [-0.05, 0) is 24.6 Å². The van der Waals surface area contributed by atoms with Crippen molar-refractivity contribution in [2.75, 3.05) is 14.2 Å². The zero-order valence-electron chi connectivity index (χ0n) is 12.2. The van der Waals surface area contributed by atoms with Crippen LogP contribution in [0, 0.1) is 0 Å². The number of carbonyl (C=O) groups is 1. The van der Waals surface area contributed by atoms with Crippen molar-refractivity contribution >= 4 is 17.4 Å². The highest BCUT2D eigenvalue weighted by Crippen LogP contribution is 2.28. The van der Waals surface area contributed by atoms with Crippen LogP contribution < -0.4 is 9.47 Å². The number of methoxy groups -OCH3 is 2. The van der Waals surface area contributed by atoms with Crippen LogP contribution in [0.15, 0.2) is 24.4 Å². The average Bonchev–Trinajstić information content (AvgIpc) is 2.89. The van der Waals surface area contributed by atoms with Gasteiger partial charge in [0.25, 0.3) is 0 Å². The van der Waals surface area contributed by atoms with Crippen LogP contribution in [0.3, 0.4) is 0 Å². The van der Waals surface area contributed by atoms with E-state index in [1.165, 1.54) is 14.2 Å². The molecule has 0 N–H and O–H groups in total. The van der Waals surface area contributed by atoms with E-state index in [1.807, 2.05) is 6.92 Å². The van der Waals surface area contributed by atoms with E-state index in [4.69, 9.17) is 21.1 Å². The molecule has 2 rings (SSSR count). The first-order chi connectivity index (χ1) is 10.1. The van der Waals surface area contributed by atoms with Crippen LogP contribution >= 0.6 is 11.6 Å². The number of rotatable bonds is 6. The molecule has 0 fully saturated rings. The minimum atomic E-state index is -0.225. The number of halogens is 1. The summed E-state index contributed by atoms with van der Waals surface area (Å²) in [7, 11) is 3.03. The van der Waals surface area contributed by atoms with Crippen molar-refractivity contribution < 1.29 is 14.3 Å². The van der Waals surface area contributed by atoms with Crippen LogP contribution in [-0.2, 0) is 6.54 Å². The third-order valence-corrected chi connectivity index (χ3v) is 3.32. The van der Waals surface area contributed by atoms with Crippen LogP contribution in [0.4, 0.5) is 0 Å². The van der Waals surface area contributed by atoms with Gasteiger partial charge in [0.05, 0.1) is 26.0 Å². The monoisotopic (exact) mass is 308 g/mol. The Morgan fingerprint density at radius 2 is 2.00 bits per heavy atom. The van der Waals surface area contributed by atoms with Gasteiger partial charge in [0.2, 0.25) is 5.78 Å². The molecule has 0 atom stereocenters. The molecule has 0 saturated heterocycles. The van der Waals surface area contributed by atoms with Gasteiger partial charge in [0, 0.05) is 11.6 Å². The Morgan fingerprint density at radius 3 is 2.62 bits per heavy atom. The van der Waals surface area contributed by atoms with E-state index in [2.05, 4.69) is 5.10 Å². The molecule has 112 valence electrons. The smallest absolute Gasteiger partial charge is 0.218 e. The molecule has 0 radical (unpaired) electrons. The number of hydrogen-bond acceptors (Lipinski definition) is 4. The molecule has 1 heterocycles. The highest BCUT2D eigenvalue weighted by Gasteiger charge is 2.23. The molecule has 0 aliphatic rings. The molecular weight excluding hydrogens is 292 g/mol. The Kier molecular flexibility index (Phi) is 4.85. The van der Waals surface area contributed by atoms with Gasteiger partial charge in [0.15, 0.2) is 11.4 Å². The first-order valence-electron chi connectivity index (χ1n) is 6.60. The van der Waals surface area contributed by atoms with E-state index in [1.54, 1.807) is 29.1 Å². The summed E-state index contributed by atoms with van der Waals surface area (Å²) in [6.07, 6.45) is 2.40. The predicted octanol–water partition coefficient (Wildman–Crippen LogP) is 3.19. The summed E-state index contributed by atoms with van der Waals surface area (Å²) in [6.45, 7) is 2.65. The predicted molar refractivity (Wildman–Crippen MR) is 80.5 cm³/mol. The largest absolute Gasteiger partial charge is 0.496 e. The lowest BCUT2D eigenvalue weighted by Crippen LogP contribution is -2.13. The van der Waals surface area contributed by atoms with Gasteiger partial charge < -0.3 is 9.47 Å². The number of benzene rings is 1. The molecule has 0 unspecified atom stereocenters. The number of ether oxygens (including phenoxy) is 2. The van der Waals surface area contributed by atoms with Gasteiger partial charge in [0.1, 0.15) is 5.75 Å². The third-order valence-electron chi connectivity index (χ3n) is 3.08. The fraction of sp³-hybridized carbons (Fsp3) is 0.333. The van der Waals surface area contributed by atoms with Crippen LogP contribution in [0.2, 0.25) is 5.02 Å². The minimum absolute atomic E-state index is 0.225. The molecule has 2 aromatic rings. The van der Waals surface area contributed by atoms with Crippen molar-refractivity contribution in [3.8, 4) is 11.5 Å². The molecule has 0 spiro atoms. The van der Waals surface area contributed by atoms with Crippen molar-refractivity contribution in [1.29, 1.82) is 0 Å². The summed E-state index contributed by atoms with van der Waals surface area (Å²) in [4.78, 5) is 12.8. The maximum atomic E-state index is 12.8. The van der Waals surface area contributed by atoms with Gasteiger partial charge in [-0.25, -0.2) is 0 Å². The van der Waals surface area contributed by atoms with Gasteiger partial charge in [-0.3, -0.25) is 9.48 Å². The molecular formula is C15H17ClN2O3. The number of ketones is 1. The van der Waals surface area contributed by atoms with Crippen molar-refractivity contribution in [3.05, 3.63) is 40.7 Å².